The summed E-state index contributed by atoms with van der Waals surface area (Å²) in [6, 6.07) is 12.1. The number of nitrogens with zero attached hydrogens (tertiary/aromatic N) is 1. The van der Waals surface area contributed by atoms with Crippen molar-refractivity contribution in [3.8, 4) is 0 Å². The zero-order chi connectivity index (χ0) is 13.0. The average molecular weight is 326 g/mol. The first-order valence-corrected chi connectivity index (χ1v) is 6.90. The second-order valence-corrected chi connectivity index (χ2v) is 5.36. The highest BCUT2D eigenvalue weighted by Crippen LogP contribution is 2.22. The number of aromatic nitrogens is 1. The van der Waals surface area contributed by atoms with E-state index in [1.54, 1.807) is 0 Å². The summed E-state index contributed by atoms with van der Waals surface area (Å²) in [7, 11) is 1.94. The third kappa shape index (κ3) is 3.31. The lowest BCUT2D eigenvalue weighted by atomic mass is 10.0. The molecule has 1 N–H and O–H groups in total. The lowest BCUT2D eigenvalue weighted by Crippen LogP contribution is -2.20. The molecule has 0 amide bonds. The van der Waals surface area contributed by atoms with Crippen molar-refractivity contribution in [2.24, 2.45) is 0 Å². The number of rotatable bonds is 4. The van der Waals surface area contributed by atoms with Crippen LogP contribution in [0.2, 0.25) is 5.02 Å². The van der Waals surface area contributed by atoms with Gasteiger partial charge in [0.05, 0.1) is 11.7 Å². The summed E-state index contributed by atoms with van der Waals surface area (Å²) in [6.07, 6.45) is 2.64. The number of benzene rings is 1. The van der Waals surface area contributed by atoms with E-state index in [-0.39, 0.29) is 6.04 Å². The monoisotopic (exact) mass is 324 g/mol. The van der Waals surface area contributed by atoms with E-state index in [4.69, 9.17) is 11.6 Å². The summed E-state index contributed by atoms with van der Waals surface area (Å²) in [5, 5.41) is 4.08. The first-order chi connectivity index (χ1) is 8.70. The first kappa shape index (κ1) is 13.5. The van der Waals surface area contributed by atoms with Crippen LogP contribution in [-0.4, -0.2) is 12.0 Å². The predicted molar refractivity (Wildman–Crippen MR) is 78.9 cm³/mol. The summed E-state index contributed by atoms with van der Waals surface area (Å²) in [5.74, 6) is 0. The molecule has 94 valence electrons. The molecule has 0 fully saturated rings. The van der Waals surface area contributed by atoms with Gasteiger partial charge in [-0.2, -0.15) is 0 Å². The van der Waals surface area contributed by atoms with Crippen LogP contribution in [0, 0.1) is 0 Å². The number of nitrogens with one attached hydrogen (secondary N) is 1. The van der Waals surface area contributed by atoms with Gasteiger partial charge in [0.2, 0.25) is 0 Å². The molecule has 1 heterocycles. The minimum absolute atomic E-state index is 0.165. The van der Waals surface area contributed by atoms with Gasteiger partial charge in [-0.1, -0.05) is 29.8 Å². The largest absolute Gasteiger partial charge is 0.311 e. The van der Waals surface area contributed by atoms with Crippen molar-refractivity contribution in [2.75, 3.05) is 7.05 Å². The average Bonchev–Trinajstić information content (AvgIpc) is 2.39. The highest BCUT2D eigenvalue weighted by Gasteiger charge is 2.12. The van der Waals surface area contributed by atoms with Crippen molar-refractivity contribution in [2.45, 2.75) is 12.5 Å². The van der Waals surface area contributed by atoms with Crippen LogP contribution in [0.15, 0.2) is 47.1 Å². The van der Waals surface area contributed by atoms with Crippen LogP contribution in [0.5, 0.6) is 0 Å². The molecule has 0 spiro atoms. The van der Waals surface area contributed by atoms with E-state index in [0.29, 0.717) is 0 Å². The summed E-state index contributed by atoms with van der Waals surface area (Å²) in [5.41, 5.74) is 2.14. The zero-order valence-electron chi connectivity index (χ0n) is 10.0. The second kappa shape index (κ2) is 6.32. The maximum absolute atomic E-state index is 6.18. The van der Waals surface area contributed by atoms with E-state index in [2.05, 4.69) is 26.2 Å². The van der Waals surface area contributed by atoms with Crippen LogP contribution in [0.3, 0.4) is 0 Å². The molecule has 1 unspecified atom stereocenters. The van der Waals surface area contributed by atoms with Gasteiger partial charge in [0.15, 0.2) is 0 Å². The molecule has 2 rings (SSSR count). The van der Waals surface area contributed by atoms with Crippen LogP contribution in [0.25, 0.3) is 0 Å². The number of likely N-dealkylation sites (N-methyl/N-ethyl adjacent to an activating group) is 1. The van der Waals surface area contributed by atoms with Crippen molar-refractivity contribution in [3.63, 3.8) is 0 Å². The Morgan fingerprint density at radius 1 is 1.28 bits per heavy atom. The van der Waals surface area contributed by atoms with Crippen molar-refractivity contribution in [3.05, 3.63) is 63.3 Å². The molecule has 0 aliphatic carbocycles. The standard InChI is InChI=1S/C14H14BrClN2/c1-17-14(13-7-6-11(15)9-18-13)8-10-4-2-3-5-12(10)16/h2-7,9,14,17H,8H2,1H3. The fraction of sp³-hybridized carbons (Fsp3) is 0.214. The van der Waals surface area contributed by atoms with Gasteiger partial charge in [-0.15, -0.1) is 0 Å². The number of halogens is 2. The molecule has 1 aromatic heterocycles. The van der Waals surface area contributed by atoms with Gasteiger partial charge in [0, 0.05) is 15.7 Å². The Hall–Kier alpha value is -0.900. The van der Waals surface area contributed by atoms with Crippen molar-refractivity contribution >= 4 is 27.5 Å². The lowest BCUT2D eigenvalue weighted by Gasteiger charge is -2.16. The van der Waals surface area contributed by atoms with E-state index in [0.717, 1.165) is 27.2 Å². The summed E-state index contributed by atoms with van der Waals surface area (Å²) in [4.78, 5) is 4.42. The Morgan fingerprint density at radius 3 is 2.67 bits per heavy atom. The fourth-order valence-corrected chi connectivity index (χ4v) is 2.28. The van der Waals surface area contributed by atoms with Gasteiger partial charge >= 0.3 is 0 Å². The summed E-state index contributed by atoms with van der Waals surface area (Å²) >= 11 is 9.57. The number of pyridine rings is 1. The molecular formula is C14H14BrClN2. The molecule has 4 heteroatoms. The number of hydrogen-bond acceptors (Lipinski definition) is 2. The van der Waals surface area contributed by atoms with Crippen molar-refractivity contribution in [1.82, 2.24) is 10.3 Å². The molecule has 0 radical (unpaired) electrons. The number of hydrogen-bond donors (Lipinski definition) is 1. The van der Waals surface area contributed by atoms with E-state index >= 15 is 0 Å². The molecule has 18 heavy (non-hydrogen) atoms. The Bertz CT molecular complexity index is 513. The Morgan fingerprint density at radius 2 is 2.06 bits per heavy atom. The van der Waals surface area contributed by atoms with Gasteiger partial charge < -0.3 is 5.32 Å². The summed E-state index contributed by atoms with van der Waals surface area (Å²) in [6.45, 7) is 0. The predicted octanol–water partition coefficient (Wildman–Crippen LogP) is 4.00. The Balaban J connectivity index is 2.20. The molecule has 0 bridgehead atoms. The highest BCUT2D eigenvalue weighted by atomic mass is 79.9. The SMILES string of the molecule is CNC(Cc1ccccc1Cl)c1ccc(Br)cn1. The molecule has 1 atom stereocenters. The minimum atomic E-state index is 0.165. The minimum Gasteiger partial charge on any atom is -0.311 e. The third-order valence-electron chi connectivity index (χ3n) is 2.84. The fourth-order valence-electron chi connectivity index (χ4n) is 1.83. The molecule has 0 saturated carbocycles. The smallest absolute Gasteiger partial charge is 0.0577 e. The topological polar surface area (TPSA) is 24.9 Å². The van der Waals surface area contributed by atoms with E-state index in [1.165, 1.54) is 0 Å². The van der Waals surface area contributed by atoms with E-state index < -0.39 is 0 Å². The molecule has 2 nitrogen and oxygen atoms in total. The van der Waals surface area contributed by atoms with Crippen molar-refractivity contribution < 1.29 is 0 Å². The van der Waals surface area contributed by atoms with Gasteiger partial charge in [-0.3, -0.25) is 4.98 Å². The molecule has 2 aromatic rings. The van der Waals surface area contributed by atoms with E-state index in [1.807, 2.05) is 49.6 Å². The Kier molecular flexibility index (Phi) is 4.75. The van der Waals surface area contributed by atoms with Crippen LogP contribution in [0.4, 0.5) is 0 Å². The second-order valence-electron chi connectivity index (χ2n) is 4.04. The van der Waals surface area contributed by atoms with Gasteiger partial charge in [-0.25, -0.2) is 0 Å². The molecular weight excluding hydrogens is 312 g/mol. The van der Waals surface area contributed by atoms with Crippen molar-refractivity contribution in [1.29, 1.82) is 0 Å². The Labute approximate surface area is 121 Å². The molecule has 0 saturated heterocycles. The molecule has 1 aromatic carbocycles. The van der Waals surface area contributed by atoms with Gasteiger partial charge in [0.25, 0.3) is 0 Å². The lowest BCUT2D eigenvalue weighted by molar-refractivity contribution is 0.576. The third-order valence-corrected chi connectivity index (χ3v) is 3.68. The maximum atomic E-state index is 6.18. The van der Waals surface area contributed by atoms with Crippen LogP contribution < -0.4 is 5.32 Å². The van der Waals surface area contributed by atoms with Crippen LogP contribution >= 0.6 is 27.5 Å². The molecule has 0 aliphatic heterocycles. The normalized spacial score (nSPS) is 12.4. The van der Waals surface area contributed by atoms with Gasteiger partial charge in [-0.05, 0) is 53.2 Å². The molecule has 0 aliphatic rings. The van der Waals surface area contributed by atoms with E-state index in [9.17, 15) is 0 Å². The van der Waals surface area contributed by atoms with Crippen LogP contribution in [-0.2, 0) is 6.42 Å². The van der Waals surface area contributed by atoms with Gasteiger partial charge in [0.1, 0.15) is 0 Å². The van der Waals surface area contributed by atoms with Crippen LogP contribution in [0.1, 0.15) is 17.3 Å². The summed E-state index contributed by atoms with van der Waals surface area (Å²) < 4.78 is 0.985. The maximum Gasteiger partial charge on any atom is 0.0577 e. The quantitative estimate of drug-likeness (QED) is 0.919. The zero-order valence-corrected chi connectivity index (χ0v) is 12.4. The highest BCUT2D eigenvalue weighted by molar-refractivity contribution is 9.10. The first-order valence-electron chi connectivity index (χ1n) is 5.73.